The number of halogens is 1. The predicted molar refractivity (Wildman–Crippen MR) is 142 cm³/mol. The monoisotopic (exact) mass is 483 g/mol. The van der Waals surface area contributed by atoms with Crippen LogP contribution in [0.3, 0.4) is 0 Å². The molecule has 5 aromatic rings. The molecule has 0 amide bonds. The van der Waals surface area contributed by atoms with E-state index in [1.54, 1.807) is 10.9 Å². The molecule has 1 aliphatic heterocycles. The van der Waals surface area contributed by atoms with Crippen molar-refractivity contribution < 1.29 is 0 Å². The van der Waals surface area contributed by atoms with E-state index < -0.39 is 0 Å². The number of aromatic amines is 1. The Labute approximate surface area is 208 Å². The molecule has 0 unspecified atom stereocenters. The lowest BCUT2D eigenvalue weighted by Crippen LogP contribution is -2.34. The smallest absolute Gasteiger partial charge is 0.261 e. The number of rotatable bonds is 5. The molecule has 0 atom stereocenters. The van der Waals surface area contributed by atoms with Crippen LogP contribution in [0.25, 0.3) is 44.5 Å². The summed E-state index contributed by atoms with van der Waals surface area (Å²) < 4.78 is 1.75. The van der Waals surface area contributed by atoms with E-state index in [4.69, 9.17) is 16.6 Å². The van der Waals surface area contributed by atoms with Crippen molar-refractivity contribution in [1.82, 2.24) is 24.4 Å². The molecule has 1 saturated heterocycles. The first kappa shape index (κ1) is 22.0. The normalized spacial score (nSPS) is 14.7. The Morgan fingerprint density at radius 2 is 1.54 bits per heavy atom. The van der Waals surface area contributed by atoms with Gasteiger partial charge in [0.2, 0.25) is 0 Å². The van der Waals surface area contributed by atoms with E-state index in [2.05, 4.69) is 20.9 Å². The van der Waals surface area contributed by atoms with Crippen molar-refractivity contribution in [2.45, 2.75) is 25.8 Å². The van der Waals surface area contributed by atoms with Crippen molar-refractivity contribution in [2.75, 3.05) is 19.6 Å². The molecule has 0 spiro atoms. The lowest BCUT2D eigenvalue weighted by Gasteiger charge is -2.26. The number of hydrogen-bond donors (Lipinski definition) is 1. The van der Waals surface area contributed by atoms with Crippen LogP contribution in [0.2, 0.25) is 5.02 Å². The minimum Gasteiger partial charge on any atom is -0.338 e. The summed E-state index contributed by atoms with van der Waals surface area (Å²) in [6.07, 6.45) is 5.49. The van der Waals surface area contributed by atoms with E-state index in [0.29, 0.717) is 17.0 Å². The van der Waals surface area contributed by atoms with Gasteiger partial charge in [-0.15, -0.1) is 0 Å². The fraction of sp³-hybridized carbons (Fsp3) is 0.250. The number of imidazole rings is 1. The fourth-order valence-electron chi connectivity index (χ4n) is 4.86. The maximum absolute atomic E-state index is 13.3. The average molecular weight is 484 g/mol. The second-order valence-corrected chi connectivity index (χ2v) is 9.64. The van der Waals surface area contributed by atoms with Crippen molar-refractivity contribution in [3.8, 4) is 22.5 Å². The lowest BCUT2D eigenvalue weighted by atomic mass is 10.0. The van der Waals surface area contributed by atoms with E-state index in [1.165, 1.54) is 19.3 Å². The Morgan fingerprint density at radius 1 is 0.829 bits per heavy atom. The molecule has 3 aromatic carbocycles. The van der Waals surface area contributed by atoms with E-state index in [-0.39, 0.29) is 5.56 Å². The number of hydrogen-bond acceptors (Lipinski definition) is 4. The Bertz CT molecular complexity index is 1560. The van der Waals surface area contributed by atoms with Crippen LogP contribution in [0.4, 0.5) is 0 Å². The molecule has 6 nitrogen and oxygen atoms in total. The van der Waals surface area contributed by atoms with Gasteiger partial charge in [-0.1, -0.05) is 30.2 Å². The van der Waals surface area contributed by atoms with Crippen LogP contribution in [0, 0.1) is 0 Å². The van der Waals surface area contributed by atoms with Gasteiger partial charge in [-0.2, -0.15) is 0 Å². The van der Waals surface area contributed by atoms with Gasteiger partial charge in [0.1, 0.15) is 5.82 Å². The fourth-order valence-corrected chi connectivity index (χ4v) is 4.99. The third kappa shape index (κ3) is 4.47. The third-order valence-electron chi connectivity index (χ3n) is 6.86. The molecule has 3 heterocycles. The average Bonchev–Trinajstić information content (AvgIpc) is 3.33. The molecular weight excluding hydrogens is 458 g/mol. The van der Waals surface area contributed by atoms with Gasteiger partial charge in [0, 0.05) is 23.7 Å². The van der Waals surface area contributed by atoms with Crippen molar-refractivity contribution in [3.63, 3.8) is 0 Å². The number of aromatic nitrogens is 4. The highest BCUT2D eigenvalue weighted by Crippen LogP contribution is 2.28. The van der Waals surface area contributed by atoms with Crippen LogP contribution in [0.15, 0.2) is 71.8 Å². The number of benzene rings is 3. The van der Waals surface area contributed by atoms with Gasteiger partial charge in [-0.05, 0) is 85.6 Å². The van der Waals surface area contributed by atoms with Crippen molar-refractivity contribution >= 4 is 33.5 Å². The van der Waals surface area contributed by atoms with Crippen LogP contribution in [-0.4, -0.2) is 44.1 Å². The Hall–Kier alpha value is -3.48. The van der Waals surface area contributed by atoms with Crippen LogP contribution < -0.4 is 5.56 Å². The third-order valence-corrected chi connectivity index (χ3v) is 7.11. The van der Waals surface area contributed by atoms with Gasteiger partial charge < -0.3 is 9.88 Å². The highest BCUT2D eigenvalue weighted by atomic mass is 35.5. The minimum atomic E-state index is 0.0153. The molecule has 6 rings (SSSR count). The first-order valence-corrected chi connectivity index (χ1v) is 12.5. The Morgan fingerprint density at radius 3 is 2.34 bits per heavy atom. The van der Waals surface area contributed by atoms with Crippen molar-refractivity contribution in [1.29, 1.82) is 0 Å². The summed E-state index contributed by atoms with van der Waals surface area (Å²) in [6, 6.07) is 19.7. The van der Waals surface area contributed by atoms with Gasteiger partial charge in [0.15, 0.2) is 0 Å². The number of H-pyrrole nitrogens is 1. The van der Waals surface area contributed by atoms with E-state index in [9.17, 15) is 4.79 Å². The summed E-state index contributed by atoms with van der Waals surface area (Å²) >= 11 is 6.02. The summed E-state index contributed by atoms with van der Waals surface area (Å²) in [5.41, 5.74) is 5.55. The number of nitrogens with zero attached hydrogens (tertiary/aromatic N) is 4. The van der Waals surface area contributed by atoms with E-state index in [0.717, 1.165) is 58.7 Å². The molecule has 176 valence electrons. The largest absolute Gasteiger partial charge is 0.338 e. The van der Waals surface area contributed by atoms with Gasteiger partial charge in [0.05, 0.1) is 28.3 Å². The number of fused-ring (bicyclic) bond motifs is 2. The first-order chi connectivity index (χ1) is 17.1. The highest BCUT2D eigenvalue weighted by Gasteiger charge is 2.12. The van der Waals surface area contributed by atoms with Gasteiger partial charge >= 0.3 is 0 Å². The summed E-state index contributed by atoms with van der Waals surface area (Å²) in [4.78, 5) is 28.4. The second-order valence-electron chi connectivity index (χ2n) is 9.20. The van der Waals surface area contributed by atoms with Crippen LogP contribution in [0.1, 0.15) is 19.3 Å². The first-order valence-electron chi connectivity index (χ1n) is 12.1. The van der Waals surface area contributed by atoms with Crippen LogP contribution in [0.5, 0.6) is 0 Å². The maximum atomic E-state index is 13.3. The molecule has 0 bridgehead atoms. The zero-order valence-corrected chi connectivity index (χ0v) is 20.1. The van der Waals surface area contributed by atoms with Crippen molar-refractivity contribution in [3.05, 3.63) is 82.4 Å². The standard InChI is InChI=1S/C28H26ClN5O/c29-22-8-4-19(5-9-22)27-31-25-11-7-21(17-26(25)32-27)20-6-10-24-23(16-20)28(35)34(18-30-24)15-14-33-12-2-1-3-13-33/h4-11,16-18H,1-3,12-15H2,(H,31,32). The molecular formula is C28H26ClN5O. The Balaban J connectivity index is 1.31. The van der Waals surface area contributed by atoms with Gasteiger partial charge in [-0.3, -0.25) is 9.36 Å². The molecule has 0 saturated carbocycles. The van der Waals surface area contributed by atoms with E-state index >= 15 is 0 Å². The quantitative estimate of drug-likeness (QED) is 0.346. The van der Waals surface area contributed by atoms with E-state index in [1.807, 2.05) is 54.6 Å². The number of likely N-dealkylation sites (tertiary alicyclic amines) is 1. The SMILES string of the molecule is O=c1c2cc(-c3ccc4nc(-c5ccc(Cl)cc5)[nH]c4c3)ccc2ncn1CCN1CCCCC1. The van der Waals surface area contributed by atoms with Crippen LogP contribution >= 0.6 is 11.6 Å². The number of piperidine rings is 1. The van der Waals surface area contributed by atoms with Gasteiger partial charge in [0.25, 0.3) is 5.56 Å². The van der Waals surface area contributed by atoms with Gasteiger partial charge in [-0.25, -0.2) is 9.97 Å². The summed E-state index contributed by atoms with van der Waals surface area (Å²) in [5, 5.41) is 1.35. The number of nitrogens with one attached hydrogen (secondary N) is 1. The second kappa shape index (κ2) is 9.29. The highest BCUT2D eigenvalue weighted by molar-refractivity contribution is 6.30. The lowest BCUT2D eigenvalue weighted by molar-refractivity contribution is 0.220. The van der Waals surface area contributed by atoms with Crippen LogP contribution in [-0.2, 0) is 6.54 Å². The molecule has 1 aliphatic rings. The predicted octanol–water partition coefficient (Wildman–Crippen LogP) is 5.75. The topological polar surface area (TPSA) is 66.8 Å². The minimum absolute atomic E-state index is 0.0153. The summed E-state index contributed by atoms with van der Waals surface area (Å²) in [5.74, 6) is 0.799. The molecule has 2 aromatic heterocycles. The molecule has 1 N–H and O–H groups in total. The molecule has 7 heteroatoms. The zero-order chi connectivity index (χ0) is 23.8. The summed E-state index contributed by atoms with van der Waals surface area (Å²) in [6.45, 7) is 3.80. The maximum Gasteiger partial charge on any atom is 0.261 e. The van der Waals surface area contributed by atoms with Crippen molar-refractivity contribution in [2.24, 2.45) is 0 Å². The Kier molecular flexibility index (Phi) is 5.84. The molecule has 0 aliphatic carbocycles. The molecule has 0 radical (unpaired) electrons. The zero-order valence-electron chi connectivity index (χ0n) is 19.4. The molecule has 35 heavy (non-hydrogen) atoms. The molecule has 1 fully saturated rings. The summed E-state index contributed by atoms with van der Waals surface area (Å²) in [7, 11) is 0.